The van der Waals surface area contributed by atoms with Gasteiger partial charge in [-0.1, -0.05) is 6.92 Å². The van der Waals surface area contributed by atoms with Crippen LogP contribution in [0.3, 0.4) is 0 Å². The summed E-state index contributed by atoms with van der Waals surface area (Å²) >= 11 is 0. The Balaban J connectivity index is 1.76. The molecule has 0 aliphatic heterocycles. The molecule has 0 saturated heterocycles. The lowest BCUT2D eigenvalue weighted by atomic mass is 9.65. The van der Waals surface area contributed by atoms with E-state index in [-0.39, 0.29) is 11.6 Å². The second-order valence-electron chi connectivity index (χ2n) is 6.53. The predicted octanol–water partition coefficient (Wildman–Crippen LogP) is 3.54. The number of fused-ring (bicyclic) bond motifs is 5. The van der Waals surface area contributed by atoms with E-state index >= 15 is 0 Å². The maximum absolute atomic E-state index is 11.3. The lowest BCUT2D eigenvalue weighted by molar-refractivity contribution is -0.166. The zero-order valence-electron chi connectivity index (χ0n) is 11.1. The first kappa shape index (κ1) is 11.6. The van der Waals surface area contributed by atoms with E-state index < -0.39 is 0 Å². The second kappa shape index (κ2) is 4.00. The topological polar surface area (TPSA) is 26.3 Å². The van der Waals surface area contributed by atoms with E-state index in [2.05, 4.69) is 6.92 Å². The van der Waals surface area contributed by atoms with Gasteiger partial charge < -0.3 is 4.74 Å². The highest BCUT2D eigenvalue weighted by molar-refractivity contribution is 5.66. The highest BCUT2D eigenvalue weighted by Gasteiger charge is 2.53. The smallest absolute Gasteiger partial charge is 0.303 e. The Morgan fingerprint density at radius 1 is 1.24 bits per heavy atom. The van der Waals surface area contributed by atoms with Crippen LogP contribution in [0.4, 0.5) is 0 Å². The van der Waals surface area contributed by atoms with Crippen molar-refractivity contribution in [3.05, 3.63) is 0 Å². The summed E-state index contributed by atoms with van der Waals surface area (Å²) in [6.07, 6.45) is 8.92. The fourth-order valence-electron chi connectivity index (χ4n) is 5.05. The number of esters is 1. The fourth-order valence-corrected chi connectivity index (χ4v) is 5.05. The van der Waals surface area contributed by atoms with Gasteiger partial charge in [0.25, 0.3) is 0 Å². The van der Waals surface area contributed by atoms with Gasteiger partial charge in [-0.25, -0.2) is 0 Å². The fraction of sp³-hybridized carbons (Fsp3) is 0.933. The molecule has 0 heterocycles. The molecule has 2 heteroatoms. The molecule has 5 atom stereocenters. The van der Waals surface area contributed by atoms with Gasteiger partial charge in [-0.15, -0.1) is 0 Å². The van der Waals surface area contributed by atoms with Crippen molar-refractivity contribution in [2.24, 2.45) is 23.7 Å². The number of carbonyl (C=O) groups excluding carboxylic acids is 1. The molecule has 3 aliphatic rings. The van der Waals surface area contributed by atoms with E-state index in [1.807, 2.05) is 0 Å². The average Bonchev–Trinajstić information content (AvgIpc) is 2.89. The van der Waals surface area contributed by atoms with Crippen molar-refractivity contribution >= 4 is 5.97 Å². The molecule has 96 valence electrons. The van der Waals surface area contributed by atoms with Gasteiger partial charge in [0.1, 0.15) is 5.60 Å². The van der Waals surface area contributed by atoms with Crippen molar-refractivity contribution in [1.29, 1.82) is 0 Å². The maximum Gasteiger partial charge on any atom is 0.303 e. The molecule has 3 fully saturated rings. The SMILES string of the molecule is CCC1(OC(C)=O)CCC2C3CCC(C3)C2C1. The molecular weight excluding hydrogens is 212 g/mol. The molecule has 3 rings (SSSR count). The highest BCUT2D eigenvalue weighted by atomic mass is 16.6. The van der Waals surface area contributed by atoms with Crippen LogP contribution >= 0.6 is 0 Å². The summed E-state index contributed by atoms with van der Waals surface area (Å²) in [4.78, 5) is 11.3. The molecule has 2 nitrogen and oxygen atoms in total. The highest BCUT2D eigenvalue weighted by Crippen LogP contribution is 2.59. The monoisotopic (exact) mass is 236 g/mol. The maximum atomic E-state index is 11.3. The second-order valence-corrected chi connectivity index (χ2v) is 6.53. The van der Waals surface area contributed by atoms with Crippen LogP contribution in [0.2, 0.25) is 0 Å². The number of carbonyl (C=O) groups is 1. The van der Waals surface area contributed by atoms with Crippen LogP contribution in [0.15, 0.2) is 0 Å². The molecule has 5 unspecified atom stereocenters. The third-order valence-electron chi connectivity index (χ3n) is 5.82. The summed E-state index contributed by atoms with van der Waals surface area (Å²) in [5, 5.41) is 0. The number of rotatable bonds is 2. The third-order valence-corrected chi connectivity index (χ3v) is 5.82. The Morgan fingerprint density at radius 2 is 1.94 bits per heavy atom. The summed E-state index contributed by atoms with van der Waals surface area (Å²) in [5.41, 5.74) is -0.114. The van der Waals surface area contributed by atoms with E-state index in [0.717, 1.165) is 42.9 Å². The van der Waals surface area contributed by atoms with Crippen molar-refractivity contribution in [2.75, 3.05) is 0 Å². The Kier molecular flexibility index (Phi) is 2.72. The molecule has 0 aromatic carbocycles. The van der Waals surface area contributed by atoms with Gasteiger partial charge in [0.15, 0.2) is 0 Å². The molecular formula is C15H24O2. The summed E-state index contributed by atoms with van der Waals surface area (Å²) in [6.45, 7) is 3.74. The van der Waals surface area contributed by atoms with Gasteiger partial charge >= 0.3 is 5.97 Å². The number of ether oxygens (including phenoxy) is 1. The normalized spacial score (nSPS) is 47.9. The minimum atomic E-state index is -0.114. The zero-order valence-corrected chi connectivity index (χ0v) is 11.1. The molecule has 0 aromatic rings. The summed E-state index contributed by atoms with van der Waals surface area (Å²) < 4.78 is 5.70. The zero-order chi connectivity index (χ0) is 12.0. The van der Waals surface area contributed by atoms with E-state index in [0.29, 0.717) is 0 Å². The van der Waals surface area contributed by atoms with Gasteiger partial charge in [0.05, 0.1) is 0 Å². The van der Waals surface area contributed by atoms with Gasteiger partial charge in [0.2, 0.25) is 0 Å². The van der Waals surface area contributed by atoms with Crippen LogP contribution in [0, 0.1) is 23.7 Å². The van der Waals surface area contributed by atoms with E-state index in [1.165, 1.54) is 25.7 Å². The van der Waals surface area contributed by atoms with Crippen LogP contribution in [0.5, 0.6) is 0 Å². The predicted molar refractivity (Wildman–Crippen MR) is 66.5 cm³/mol. The van der Waals surface area contributed by atoms with Crippen LogP contribution < -0.4 is 0 Å². The molecule has 0 amide bonds. The summed E-state index contributed by atoms with van der Waals surface area (Å²) in [5.74, 6) is 3.70. The summed E-state index contributed by atoms with van der Waals surface area (Å²) in [7, 11) is 0. The van der Waals surface area contributed by atoms with E-state index in [1.54, 1.807) is 6.92 Å². The van der Waals surface area contributed by atoms with Crippen molar-refractivity contribution < 1.29 is 9.53 Å². The molecule has 0 aromatic heterocycles. The molecule has 2 bridgehead atoms. The quantitative estimate of drug-likeness (QED) is 0.685. The van der Waals surface area contributed by atoms with Crippen LogP contribution in [0.1, 0.15) is 58.8 Å². The standard InChI is InChI=1S/C15H24O2/c1-3-15(17-10(2)16)7-6-13-11-4-5-12(8-11)14(13)9-15/h11-14H,3-9H2,1-2H3. The van der Waals surface area contributed by atoms with Crippen molar-refractivity contribution in [2.45, 2.75) is 64.4 Å². The van der Waals surface area contributed by atoms with Crippen LogP contribution in [-0.2, 0) is 9.53 Å². The summed E-state index contributed by atoms with van der Waals surface area (Å²) in [6, 6.07) is 0. The first-order valence-electron chi connectivity index (χ1n) is 7.33. The molecule has 3 aliphatic carbocycles. The lowest BCUT2D eigenvalue weighted by Gasteiger charge is -2.45. The number of hydrogen-bond acceptors (Lipinski definition) is 2. The van der Waals surface area contributed by atoms with Crippen LogP contribution in [-0.4, -0.2) is 11.6 Å². The van der Waals surface area contributed by atoms with Crippen molar-refractivity contribution in [1.82, 2.24) is 0 Å². The van der Waals surface area contributed by atoms with Gasteiger partial charge in [-0.05, 0) is 68.6 Å². The molecule has 0 N–H and O–H groups in total. The van der Waals surface area contributed by atoms with Crippen molar-refractivity contribution in [3.63, 3.8) is 0 Å². The Hall–Kier alpha value is -0.530. The average molecular weight is 236 g/mol. The molecule has 17 heavy (non-hydrogen) atoms. The molecule has 0 spiro atoms. The Bertz CT molecular complexity index is 325. The Morgan fingerprint density at radius 3 is 2.59 bits per heavy atom. The van der Waals surface area contributed by atoms with Gasteiger partial charge in [-0.2, -0.15) is 0 Å². The molecule has 0 radical (unpaired) electrons. The molecule has 3 saturated carbocycles. The van der Waals surface area contributed by atoms with Crippen LogP contribution in [0.25, 0.3) is 0 Å². The minimum absolute atomic E-state index is 0.0894. The minimum Gasteiger partial charge on any atom is -0.459 e. The Labute approximate surface area is 104 Å². The van der Waals surface area contributed by atoms with E-state index in [4.69, 9.17) is 4.74 Å². The largest absolute Gasteiger partial charge is 0.459 e. The van der Waals surface area contributed by atoms with Gasteiger partial charge in [-0.3, -0.25) is 4.79 Å². The lowest BCUT2D eigenvalue weighted by Crippen LogP contribution is -2.44. The van der Waals surface area contributed by atoms with Gasteiger partial charge in [0, 0.05) is 6.92 Å². The van der Waals surface area contributed by atoms with Crippen molar-refractivity contribution in [3.8, 4) is 0 Å². The number of hydrogen-bond donors (Lipinski definition) is 0. The first-order valence-corrected chi connectivity index (χ1v) is 7.33. The third kappa shape index (κ3) is 1.80. The van der Waals surface area contributed by atoms with E-state index in [9.17, 15) is 4.79 Å². The first-order chi connectivity index (χ1) is 8.13.